The van der Waals surface area contributed by atoms with Crippen LogP contribution in [0, 0.1) is 5.82 Å². The number of carbonyl (C=O) groups is 2. The molecule has 0 spiro atoms. The van der Waals surface area contributed by atoms with E-state index in [9.17, 15) is 19.1 Å². The lowest BCUT2D eigenvalue weighted by Crippen LogP contribution is -2.49. The molecule has 1 rings (SSSR count). The van der Waals surface area contributed by atoms with E-state index in [1.165, 1.54) is 17.1 Å². The minimum atomic E-state index is -1.52. The maximum Gasteiger partial charge on any atom is 0.422 e. The molecular formula is C16H22BrFN2O5. The van der Waals surface area contributed by atoms with E-state index in [2.05, 4.69) is 26.1 Å². The summed E-state index contributed by atoms with van der Waals surface area (Å²) >= 11 is 3.16. The molecule has 0 bridgehead atoms. The van der Waals surface area contributed by atoms with Crippen molar-refractivity contribution >= 4 is 28.0 Å². The molecule has 0 aliphatic carbocycles. The molecule has 1 unspecified atom stereocenters. The van der Waals surface area contributed by atoms with Gasteiger partial charge in [0.25, 0.3) is 0 Å². The van der Waals surface area contributed by atoms with Crippen LogP contribution in [0.25, 0.3) is 0 Å². The molecule has 2 N–H and O–H groups in total. The minimum Gasteiger partial charge on any atom is -0.467 e. The van der Waals surface area contributed by atoms with Crippen molar-refractivity contribution in [3.63, 3.8) is 0 Å². The van der Waals surface area contributed by atoms with Gasteiger partial charge in [-0.25, -0.2) is 19.0 Å². The molecule has 1 atom stereocenters. The Morgan fingerprint density at radius 3 is 2.56 bits per heavy atom. The van der Waals surface area contributed by atoms with Crippen molar-refractivity contribution in [3.05, 3.63) is 34.1 Å². The third-order valence-electron chi connectivity index (χ3n) is 2.89. The van der Waals surface area contributed by atoms with Crippen LogP contribution in [-0.2, 0) is 20.8 Å². The molecule has 1 amide bonds. The smallest absolute Gasteiger partial charge is 0.422 e. The number of rotatable bonds is 6. The van der Waals surface area contributed by atoms with Crippen molar-refractivity contribution in [2.75, 3.05) is 13.7 Å². The van der Waals surface area contributed by atoms with Gasteiger partial charge in [0, 0.05) is 16.6 Å². The molecule has 0 fully saturated rings. The van der Waals surface area contributed by atoms with Gasteiger partial charge in [-0.2, -0.15) is 0 Å². The summed E-state index contributed by atoms with van der Waals surface area (Å²) in [4.78, 5) is 23.3. The van der Waals surface area contributed by atoms with Gasteiger partial charge in [-0.1, -0.05) is 22.0 Å². The van der Waals surface area contributed by atoms with Crippen LogP contribution in [-0.4, -0.2) is 47.5 Å². The zero-order valence-corrected chi connectivity index (χ0v) is 16.1. The molecule has 1 aromatic carbocycles. The first-order valence-corrected chi connectivity index (χ1v) is 8.25. The predicted octanol–water partition coefficient (Wildman–Crippen LogP) is 2.36. The lowest BCUT2D eigenvalue weighted by Gasteiger charge is -2.27. The van der Waals surface area contributed by atoms with E-state index in [1.54, 1.807) is 26.8 Å². The van der Waals surface area contributed by atoms with E-state index in [1.807, 2.05) is 0 Å². The molecule has 0 aliphatic rings. The Bertz CT molecular complexity index is 621. The Kier molecular flexibility index (Phi) is 7.78. The fraction of sp³-hybridized carbons (Fsp3) is 0.500. The molecular weight excluding hydrogens is 399 g/mol. The van der Waals surface area contributed by atoms with E-state index in [4.69, 9.17) is 4.74 Å². The van der Waals surface area contributed by atoms with Gasteiger partial charge < -0.3 is 14.6 Å². The number of aliphatic hydroxyl groups excluding tert-OH is 1. The lowest BCUT2D eigenvalue weighted by molar-refractivity contribution is -0.152. The zero-order valence-electron chi connectivity index (χ0n) is 14.5. The highest BCUT2D eigenvalue weighted by molar-refractivity contribution is 9.10. The second-order valence-electron chi connectivity index (χ2n) is 6.27. The van der Waals surface area contributed by atoms with Gasteiger partial charge in [0.1, 0.15) is 11.4 Å². The van der Waals surface area contributed by atoms with Gasteiger partial charge in [0.05, 0.1) is 13.7 Å². The molecule has 0 heterocycles. The second-order valence-corrected chi connectivity index (χ2v) is 7.18. The van der Waals surface area contributed by atoms with Gasteiger partial charge in [-0.15, -0.1) is 0 Å². The SMILES string of the molecule is COC(=O)C(O)CN(Cc1ccc(Br)cc1F)NC(=O)OC(C)(C)C. The molecule has 25 heavy (non-hydrogen) atoms. The summed E-state index contributed by atoms with van der Waals surface area (Å²) < 4.78 is 24.2. The van der Waals surface area contributed by atoms with Crippen molar-refractivity contribution in [3.8, 4) is 0 Å². The van der Waals surface area contributed by atoms with E-state index in [0.717, 1.165) is 7.11 Å². The largest absolute Gasteiger partial charge is 0.467 e. The average Bonchev–Trinajstić information content (AvgIpc) is 2.47. The number of hydrazine groups is 1. The van der Waals surface area contributed by atoms with Crippen LogP contribution in [0.4, 0.5) is 9.18 Å². The first-order chi connectivity index (χ1) is 11.5. The van der Waals surface area contributed by atoms with Crippen LogP contribution in [0.15, 0.2) is 22.7 Å². The maximum atomic E-state index is 14.0. The van der Waals surface area contributed by atoms with Crippen LogP contribution < -0.4 is 5.43 Å². The number of nitrogens with zero attached hydrogens (tertiary/aromatic N) is 1. The zero-order chi connectivity index (χ0) is 19.2. The van der Waals surface area contributed by atoms with Crippen molar-refractivity contribution < 1.29 is 28.6 Å². The van der Waals surface area contributed by atoms with Gasteiger partial charge in [-0.05, 0) is 32.9 Å². The highest BCUT2D eigenvalue weighted by atomic mass is 79.9. The number of amides is 1. The van der Waals surface area contributed by atoms with Crippen molar-refractivity contribution in [1.82, 2.24) is 10.4 Å². The average molecular weight is 421 g/mol. The number of hydrogen-bond donors (Lipinski definition) is 2. The highest BCUT2D eigenvalue weighted by Gasteiger charge is 2.24. The van der Waals surface area contributed by atoms with Gasteiger partial charge in [0.15, 0.2) is 6.10 Å². The predicted molar refractivity (Wildman–Crippen MR) is 91.9 cm³/mol. The third kappa shape index (κ3) is 7.80. The molecule has 1 aromatic rings. The standard InChI is InChI=1S/C16H22BrFN2O5/c1-16(2,3)25-15(23)19-20(9-13(21)14(22)24-4)8-10-5-6-11(17)7-12(10)18/h5-7,13,21H,8-9H2,1-4H3,(H,19,23). The van der Waals surface area contributed by atoms with Crippen LogP contribution in [0.5, 0.6) is 0 Å². The Hall–Kier alpha value is -1.71. The number of aliphatic hydroxyl groups is 1. The first kappa shape index (κ1) is 21.3. The fourth-order valence-electron chi connectivity index (χ4n) is 1.85. The third-order valence-corrected chi connectivity index (χ3v) is 3.38. The summed E-state index contributed by atoms with van der Waals surface area (Å²) in [5.41, 5.74) is 1.92. The van der Waals surface area contributed by atoms with E-state index in [0.29, 0.717) is 4.47 Å². The molecule has 9 heteroatoms. The van der Waals surface area contributed by atoms with E-state index < -0.39 is 29.6 Å². The first-order valence-electron chi connectivity index (χ1n) is 7.46. The van der Waals surface area contributed by atoms with E-state index in [-0.39, 0.29) is 18.7 Å². The van der Waals surface area contributed by atoms with Crippen LogP contribution >= 0.6 is 15.9 Å². The van der Waals surface area contributed by atoms with Crippen LogP contribution in [0.2, 0.25) is 0 Å². The molecule has 0 radical (unpaired) electrons. The number of carbonyl (C=O) groups excluding carboxylic acids is 2. The number of halogens is 2. The number of ether oxygens (including phenoxy) is 2. The fourth-order valence-corrected chi connectivity index (χ4v) is 2.19. The molecule has 0 saturated carbocycles. The quantitative estimate of drug-likeness (QED) is 0.542. The Morgan fingerprint density at radius 2 is 2.04 bits per heavy atom. The van der Waals surface area contributed by atoms with E-state index >= 15 is 0 Å². The normalized spacial score (nSPS) is 12.6. The van der Waals surface area contributed by atoms with Gasteiger partial charge >= 0.3 is 12.1 Å². The number of methoxy groups -OCH3 is 1. The van der Waals surface area contributed by atoms with Crippen molar-refractivity contribution in [1.29, 1.82) is 0 Å². The monoisotopic (exact) mass is 420 g/mol. The summed E-state index contributed by atoms with van der Waals surface area (Å²) in [5, 5.41) is 11.0. The Balaban J connectivity index is 2.90. The highest BCUT2D eigenvalue weighted by Crippen LogP contribution is 2.17. The summed E-state index contributed by atoms with van der Waals surface area (Å²) in [6.07, 6.45) is -2.31. The Morgan fingerprint density at radius 1 is 1.40 bits per heavy atom. The number of benzene rings is 1. The number of esters is 1. The van der Waals surface area contributed by atoms with Gasteiger partial charge in [0.2, 0.25) is 0 Å². The second kappa shape index (κ2) is 9.12. The van der Waals surface area contributed by atoms with Crippen molar-refractivity contribution in [2.45, 2.75) is 39.0 Å². The maximum absolute atomic E-state index is 14.0. The van der Waals surface area contributed by atoms with Crippen LogP contribution in [0.3, 0.4) is 0 Å². The summed E-state index contributed by atoms with van der Waals surface area (Å²) in [7, 11) is 1.13. The minimum absolute atomic E-state index is 0.0909. The van der Waals surface area contributed by atoms with Gasteiger partial charge in [-0.3, -0.25) is 5.43 Å². The summed E-state index contributed by atoms with van der Waals surface area (Å²) in [6.45, 7) is 4.67. The molecule has 0 aromatic heterocycles. The lowest BCUT2D eigenvalue weighted by atomic mass is 10.2. The molecule has 0 aliphatic heterocycles. The van der Waals surface area contributed by atoms with Crippen LogP contribution in [0.1, 0.15) is 26.3 Å². The number of nitrogens with one attached hydrogen (secondary N) is 1. The Labute approximate surface area is 154 Å². The summed E-state index contributed by atoms with van der Waals surface area (Å²) in [5.74, 6) is -1.37. The number of hydrogen-bond acceptors (Lipinski definition) is 6. The molecule has 140 valence electrons. The summed E-state index contributed by atoms with van der Waals surface area (Å²) in [6, 6.07) is 4.44. The van der Waals surface area contributed by atoms with Crippen molar-refractivity contribution in [2.24, 2.45) is 0 Å². The molecule has 0 saturated heterocycles. The molecule has 7 nitrogen and oxygen atoms in total. The topological polar surface area (TPSA) is 88.1 Å².